The lowest BCUT2D eigenvalue weighted by atomic mass is 10.1. The summed E-state index contributed by atoms with van der Waals surface area (Å²) in [5.74, 6) is 0.852. The molecule has 0 unspecified atom stereocenters. The van der Waals surface area contributed by atoms with Crippen molar-refractivity contribution in [3.8, 4) is 0 Å². The molecule has 4 heteroatoms. The van der Waals surface area contributed by atoms with Crippen LogP contribution in [0.1, 0.15) is 25.7 Å². The van der Waals surface area contributed by atoms with Crippen LogP contribution in [0.2, 0.25) is 0 Å². The van der Waals surface area contributed by atoms with E-state index < -0.39 is 0 Å². The van der Waals surface area contributed by atoms with E-state index in [2.05, 4.69) is 10.3 Å². The first-order chi connectivity index (χ1) is 7.86. The average Bonchev–Trinajstić information content (AvgIpc) is 2.79. The SMILES string of the molecule is O=c1ncccn1CCNCC1CCCC1. The van der Waals surface area contributed by atoms with Crippen molar-refractivity contribution in [1.82, 2.24) is 14.9 Å². The number of rotatable bonds is 5. The Morgan fingerprint density at radius 1 is 1.44 bits per heavy atom. The molecule has 0 saturated heterocycles. The van der Waals surface area contributed by atoms with Crippen molar-refractivity contribution in [2.75, 3.05) is 13.1 Å². The fourth-order valence-electron chi connectivity index (χ4n) is 2.28. The van der Waals surface area contributed by atoms with E-state index >= 15 is 0 Å². The quantitative estimate of drug-likeness (QED) is 0.755. The van der Waals surface area contributed by atoms with Crippen LogP contribution in [0.3, 0.4) is 0 Å². The summed E-state index contributed by atoms with van der Waals surface area (Å²) in [6.45, 7) is 2.65. The number of nitrogens with zero attached hydrogens (tertiary/aromatic N) is 2. The van der Waals surface area contributed by atoms with Gasteiger partial charge in [0.15, 0.2) is 0 Å². The van der Waals surface area contributed by atoms with E-state index in [4.69, 9.17) is 0 Å². The smallest absolute Gasteiger partial charge is 0.315 e. The molecule has 0 spiro atoms. The van der Waals surface area contributed by atoms with Gasteiger partial charge in [0.1, 0.15) is 0 Å². The molecule has 16 heavy (non-hydrogen) atoms. The van der Waals surface area contributed by atoms with Crippen LogP contribution >= 0.6 is 0 Å². The van der Waals surface area contributed by atoms with E-state index in [-0.39, 0.29) is 5.69 Å². The Hall–Kier alpha value is -1.16. The van der Waals surface area contributed by atoms with Gasteiger partial charge in [-0.25, -0.2) is 9.78 Å². The molecule has 2 rings (SSSR count). The number of aromatic nitrogens is 2. The Balaban J connectivity index is 1.68. The summed E-state index contributed by atoms with van der Waals surface area (Å²) in [6, 6.07) is 1.79. The zero-order chi connectivity index (χ0) is 11.2. The monoisotopic (exact) mass is 221 g/mol. The van der Waals surface area contributed by atoms with Crippen molar-refractivity contribution < 1.29 is 0 Å². The van der Waals surface area contributed by atoms with E-state index in [9.17, 15) is 4.79 Å². The summed E-state index contributed by atoms with van der Waals surface area (Å²) in [4.78, 5) is 15.0. The highest BCUT2D eigenvalue weighted by molar-refractivity contribution is 4.81. The van der Waals surface area contributed by atoms with E-state index in [0.717, 1.165) is 19.0 Å². The van der Waals surface area contributed by atoms with Crippen LogP contribution in [0.5, 0.6) is 0 Å². The van der Waals surface area contributed by atoms with Gasteiger partial charge in [0.2, 0.25) is 0 Å². The normalized spacial score (nSPS) is 16.8. The third-order valence-electron chi connectivity index (χ3n) is 3.22. The van der Waals surface area contributed by atoms with Gasteiger partial charge >= 0.3 is 5.69 Å². The van der Waals surface area contributed by atoms with Crippen LogP contribution in [0.25, 0.3) is 0 Å². The van der Waals surface area contributed by atoms with Crippen LogP contribution in [0.15, 0.2) is 23.3 Å². The highest BCUT2D eigenvalue weighted by Gasteiger charge is 2.13. The first kappa shape index (κ1) is 11.3. The third kappa shape index (κ3) is 3.17. The van der Waals surface area contributed by atoms with Crippen LogP contribution in [-0.2, 0) is 6.54 Å². The van der Waals surface area contributed by atoms with Crippen molar-refractivity contribution >= 4 is 0 Å². The molecule has 88 valence electrons. The van der Waals surface area contributed by atoms with E-state index in [0.29, 0.717) is 6.54 Å². The highest BCUT2D eigenvalue weighted by Crippen LogP contribution is 2.23. The fourth-order valence-corrected chi connectivity index (χ4v) is 2.28. The fraction of sp³-hybridized carbons (Fsp3) is 0.667. The summed E-state index contributed by atoms with van der Waals surface area (Å²) < 4.78 is 1.64. The van der Waals surface area contributed by atoms with Gasteiger partial charge in [0.25, 0.3) is 0 Å². The second kappa shape index (κ2) is 5.80. The molecule has 0 atom stereocenters. The zero-order valence-electron chi connectivity index (χ0n) is 9.56. The molecular weight excluding hydrogens is 202 g/mol. The number of hydrogen-bond donors (Lipinski definition) is 1. The lowest BCUT2D eigenvalue weighted by Gasteiger charge is -2.10. The molecule has 1 N–H and O–H groups in total. The lowest BCUT2D eigenvalue weighted by molar-refractivity contribution is 0.472. The molecule has 0 amide bonds. The summed E-state index contributed by atoms with van der Waals surface area (Å²) >= 11 is 0. The standard InChI is InChI=1S/C12H19N3O/c16-12-14-6-3-8-15(12)9-7-13-10-11-4-1-2-5-11/h3,6,8,11,13H,1-2,4-5,7,9-10H2. The molecule has 0 bridgehead atoms. The zero-order valence-corrected chi connectivity index (χ0v) is 9.56. The Bertz CT molecular complexity index is 369. The predicted octanol–water partition coefficient (Wildman–Crippen LogP) is 1.02. The van der Waals surface area contributed by atoms with Crippen molar-refractivity contribution in [2.24, 2.45) is 5.92 Å². The molecule has 1 heterocycles. The van der Waals surface area contributed by atoms with Gasteiger partial charge in [-0.2, -0.15) is 0 Å². The van der Waals surface area contributed by atoms with E-state index in [1.165, 1.54) is 31.9 Å². The molecule has 1 fully saturated rings. The van der Waals surface area contributed by atoms with Crippen LogP contribution < -0.4 is 11.0 Å². The second-order valence-electron chi connectivity index (χ2n) is 4.45. The number of nitrogens with one attached hydrogen (secondary N) is 1. The highest BCUT2D eigenvalue weighted by atomic mass is 16.1. The largest absolute Gasteiger partial charge is 0.347 e. The summed E-state index contributed by atoms with van der Waals surface area (Å²) in [6.07, 6.45) is 8.81. The maximum atomic E-state index is 11.3. The van der Waals surface area contributed by atoms with Crippen molar-refractivity contribution in [2.45, 2.75) is 32.2 Å². The topological polar surface area (TPSA) is 46.9 Å². The third-order valence-corrected chi connectivity index (χ3v) is 3.22. The number of hydrogen-bond acceptors (Lipinski definition) is 3. The molecule has 1 aliphatic rings. The van der Waals surface area contributed by atoms with Gasteiger partial charge in [-0.3, -0.25) is 4.57 Å². The van der Waals surface area contributed by atoms with E-state index in [1.54, 1.807) is 16.8 Å². The molecule has 1 aromatic heterocycles. The molecule has 0 radical (unpaired) electrons. The predicted molar refractivity (Wildman–Crippen MR) is 63.3 cm³/mol. The second-order valence-corrected chi connectivity index (χ2v) is 4.45. The maximum absolute atomic E-state index is 11.3. The van der Waals surface area contributed by atoms with Gasteiger partial charge in [-0.05, 0) is 31.4 Å². The summed E-state index contributed by atoms with van der Waals surface area (Å²) in [5, 5.41) is 3.42. The summed E-state index contributed by atoms with van der Waals surface area (Å²) in [5.41, 5.74) is -0.162. The molecule has 0 aromatic carbocycles. The first-order valence-electron chi connectivity index (χ1n) is 6.08. The minimum atomic E-state index is -0.162. The molecule has 1 saturated carbocycles. The first-order valence-corrected chi connectivity index (χ1v) is 6.08. The van der Waals surface area contributed by atoms with E-state index in [1.807, 2.05) is 0 Å². The Kier molecular flexibility index (Phi) is 4.10. The maximum Gasteiger partial charge on any atom is 0.347 e. The molecule has 4 nitrogen and oxygen atoms in total. The summed E-state index contributed by atoms with van der Waals surface area (Å²) in [7, 11) is 0. The van der Waals surface area contributed by atoms with Gasteiger partial charge in [-0.1, -0.05) is 12.8 Å². The Morgan fingerprint density at radius 3 is 3.00 bits per heavy atom. The Labute approximate surface area is 95.7 Å². The van der Waals surface area contributed by atoms with Gasteiger partial charge in [-0.15, -0.1) is 0 Å². The molecule has 0 aliphatic heterocycles. The van der Waals surface area contributed by atoms with Crippen LogP contribution in [0.4, 0.5) is 0 Å². The van der Waals surface area contributed by atoms with Crippen LogP contribution in [0, 0.1) is 5.92 Å². The van der Waals surface area contributed by atoms with Gasteiger partial charge in [0.05, 0.1) is 0 Å². The average molecular weight is 221 g/mol. The minimum Gasteiger partial charge on any atom is -0.315 e. The van der Waals surface area contributed by atoms with Gasteiger partial charge in [0, 0.05) is 25.5 Å². The van der Waals surface area contributed by atoms with Crippen molar-refractivity contribution in [1.29, 1.82) is 0 Å². The minimum absolute atomic E-state index is 0.162. The van der Waals surface area contributed by atoms with Gasteiger partial charge < -0.3 is 5.32 Å². The molecule has 1 aromatic rings. The lowest BCUT2D eigenvalue weighted by Crippen LogP contribution is -2.30. The van der Waals surface area contributed by atoms with Crippen molar-refractivity contribution in [3.05, 3.63) is 28.9 Å². The molecular formula is C12H19N3O. The van der Waals surface area contributed by atoms with Crippen molar-refractivity contribution in [3.63, 3.8) is 0 Å². The molecule has 1 aliphatic carbocycles. The Morgan fingerprint density at radius 2 is 2.25 bits per heavy atom. The van der Waals surface area contributed by atoms with Crippen LogP contribution in [-0.4, -0.2) is 22.6 Å².